The number of benzene rings is 1. The number of nitrogens with zero attached hydrogens (tertiary/aromatic N) is 1. The van der Waals surface area contributed by atoms with Gasteiger partial charge in [0.1, 0.15) is 5.54 Å². The minimum atomic E-state index is -1.51. The van der Waals surface area contributed by atoms with Crippen molar-refractivity contribution >= 4 is 12.1 Å². The molecule has 1 aliphatic heterocycles. The van der Waals surface area contributed by atoms with Gasteiger partial charge in [0.15, 0.2) is 0 Å². The quantitative estimate of drug-likeness (QED) is 0.400. The van der Waals surface area contributed by atoms with Gasteiger partial charge < -0.3 is 10.2 Å². The van der Waals surface area contributed by atoms with Gasteiger partial charge in [0, 0.05) is 19.4 Å². The van der Waals surface area contributed by atoms with Crippen molar-refractivity contribution in [3.63, 3.8) is 0 Å². The number of nitrogens with one attached hydrogen (secondary N) is 1. The number of carbonyl (C=O) groups is 2. The number of carboxylic acid groups (broad SMARTS) is 2. The molecule has 124 valence electrons. The molecular formula is C16H20N2O5. The molecule has 1 aromatic rings. The second-order valence-electron chi connectivity index (χ2n) is 5.51. The molecule has 0 saturated carbocycles. The molecule has 0 unspecified atom stereocenters. The first-order valence-electron chi connectivity index (χ1n) is 7.25. The zero-order valence-corrected chi connectivity index (χ0v) is 12.6. The van der Waals surface area contributed by atoms with Crippen molar-refractivity contribution < 1.29 is 24.6 Å². The Morgan fingerprint density at radius 3 is 2.65 bits per heavy atom. The number of amides is 1. The molecule has 1 aromatic carbocycles. The van der Waals surface area contributed by atoms with E-state index in [1.807, 2.05) is 6.07 Å². The van der Waals surface area contributed by atoms with Crippen LogP contribution in [0.2, 0.25) is 0 Å². The highest BCUT2D eigenvalue weighted by molar-refractivity contribution is 5.85. The first-order valence-corrected chi connectivity index (χ1v) is 7.25. The molecule has 1 fully saturated rings. The van der Waals surface area contributed by atoms with Crippen LogP contribution in [0.15, 0.2) is 43.0 Å². The molecule has 7 heteroatoms. The van der Waals surface area contributed by atoms with E-state index in [0.29, 0.717) is 0 Å². The Bertz CT molecular complexity index is 577. The third kappa shape index (κ3) is 3.69. The summed E-state index contributed by atoms with van der Waals surface area (Å²) in [6.07, 6.45) is 0.526. The maximum Gasteiger partial charge on any atom is 0.408 e. The van der Waals surface area contributed by atoms with Crippen molar-refractivity contribution in [1.82, 2.24) is 10.4 Å². The predicted octanol–water partition coefficient (Wildman–Crippen LogP) is 1.51. The lowest BCUT2D eigenvalue weighted by molar-refractivity contribution is -0.148. The number of hydrogen-bond donors (Lipinski definition) is 3. The lowest BCUT2D eigenvalue weighted by atomic mass is 9.87. The SMILES string of the molecule is C=CCON[C@H]1CN(C(=O)O)[C@](Cc2ccccc2)(C(=O)O)C1. The van der Waals surface area contributed by atoms with E-state index < -0.39 is 23.6 Å². The third-order valence-electron chi connectivity index (χ3n) is 3.92. The van der Waals surface area contributed by atoms with E-state index in [0.717, 1.165) is 10.5 Å². The Hall–Kier alpha value is -2.38. The molecular weight excluding hydrogens is 300 g/mol. The summed E-state index contributed by atoms with van der Waals surface area (Å²) < 4.78 is 0. The summed E-state index contributed by atoms with van der Waals surface area (Å²) in [5.41, 5.74) is 1.98. The molecule has 1 amide bonds. The number of rotatable bonds is 7. The van der Waals surface area contributed by atoms with Crippen LogP contribution >= 0.6 is 0 Å². The zero-order chi connectivity index (χ0) is 16.9. The molecule has 0 bridgehead atoms. The Kier molecular flexibility index (Phi) is 5.36. The van der Waals surface area contributed by atoms with E-state index in [2.05, 4.69) is 12.1 Å². The molecule has 0 aliphatic carbocycles. The number of likely N-dealkylation sites (tertiary alicyclic amines) is 1. The van der Waals surface area contributed by atoms with Crippen LogP contribution in [-0.4, -0.2) is 51.9 Å². The van der Waals surface area contributed by atoms with Gasteiger partial charge in [-0.05, 0) is 5.56 Å². The Balaban J connectivity index is 2.24. The standard InChI is InChI=1S/C16H20N2O5/c1-2-8-23-17-13-10-16(14(19)20,18(11-13)15(21)22)9-12-6-4-3-5-7-12/h2-7,13,17H,1,8-11H2,(H,19,20)(H,21,22)/t13-,16+/m1/s1. The van der Waals surface area contributed by atoms with Crippen LogP contribution in [0.25, 0.3) is 0 Å². The van der Waals surface area contributed by atoms with Crippen LogP contribution in [0.4, 0.5) is 4.79 Å². The van der Waals surface area contributed by atoms with Crippen LogP contribution in [0.1, 0.15) is 12.0 Å². The molecule has 0 radical (unpaired) electrons. The highest BCUT2D eigenvalue weighted by atomic mass is 16.6. The summed E-state index contributed by atoms with van der Waals surface area (Å²) in [5.74, 6) is -1.16. The van der Waals surface area contributed by atoms with Crippen LogP contribution in [-0.2, 0) is 16.1 Å². The molecule has 0 spiro atoms. The molecule has 1 saturated heterocycles. The van der Waals surface area contributed by atoms with E-state index in [9.17, 15) is 19.8 Å². The fourth-order valence-electron chi connectivity index (χ4n) is 2.92. The highest BCUT2D eigenvalue weighted by Gasteiger charge is 2.54. The second-order valence-corrected chi connectivity index (χ2v) is 5.51. The fourth-order valence-corrected chi connectivity index (χ4v) is 2.92. The minimum Gasteiger partial charge on any atom is -0.479 e. The van der Waals surface area contributed by atoms with Crippen molar-refractivity contribution in [2.45, 2.75) is 24.4 Å². The van der Waals surface area contributed by atoms with Crippen LogP contribution < -0.4 is 5.48 Å². The van der Waals surface area contributed by atoms with E-state index in [4.69, 9.17) is 4.84 Å². The Morgan fingerprint density at radius 2 is 2.09 bits per heavy atom. The maximum atomic E-state index is 11.9. The minimum absolute atomic E-state index is 0.0472. The summed E-state index contributed by atoms with van der Waals surface area (Å²) in [6.45, 7) is 3.82. The molecule has 1 heterocycles. The molecule has 0 aromatic heterocycles. The van der Waals surface area contributed by atoms with Crippen LogP contribution in [0, 0.1) is 0 Å². The fraction of sp³-hybridized carbons (Fsp3) is 0.375. The first-order chi connectivity index (χ1) is 11.0. The van der Waals surface area contributed by atoms with E-state index >= 15 is 0 Å². The van der Waals surface area contributed by atoms with Crippen LogP contribution in [0.5, 0.6) is 0 Å². The second kappa shape index (κ2) is 7.26. The smallest absolute Gasteiger partial charge is 0.408 e. The number of aliphatic carboxylic acids is 1. The van der Waals surface area contributed by atoms with Gasteiger partial charge in [0.2, 0.25) is 0 Å². The molecule has 7 nitrogen and oxygen atoms in total. The predicted molar refractivity (Wildman–Crippen MR) is 82.9 cm³/mol. The molecule has 23 heavy (non-hydrogen) atoms. The lowest BCUT2D eigenvalue weighted by Gasteiger charge is -2.32. The Morgan fingerprint density at radius 1 is 1.39 bits per heavy atom. The Labute approximate surface area is 134 Å². The maximum absolute atomic E-state index is 11.9. The molecule has 3 N–H and O–H groups in total. The van der Waals surface area contributed by atoms with Crippen LogP contribution in [0.3, 0.4) is 0 Å². The number of carboxylic acids is 1. The van der Waals surface area contributed by atoms with Gasteiger partial charge >= 0.3 is 12.1 Å². The zero-order valence-electron chi connectivity index (χ0n) is 12.6. The van der Waals surface area contributed by atoms with Gasteiger partial charge in [-0.1, -0.05) is 36.4 Å². The third-order valence-corrected chi connectivity index (χ3v) is 3.92. The summed E-state index contributed by atoms with van der Waals surface area (Å²) in [7, 11) is 0. The monoisotopic (exact) mass is 320 g/mol. The van der Waals surface area contributed by atoms with Gasteiger partial charge in [-0.25, -0.2) is 9.59 Å². The lowest BCUT2D eigenvalue weighted by Crippen LogP contribution is -2.54. The van der Waals surface area contributed by atoms with Gasteiger partial charge in [-0.15, -0.1) is 6.58 Å². The van der Waals surface area contributed by atoms with Crippen molar-refractivity contribution in [2.24, 2.45) is 0 Å². The van der Waals surface area contributed by atoms with Gasteiger partial charge in [-0.3, -0.25) is 9.74 Å². The average molecular weight is 320 g/mol. The van der Waals surface area contributed by atoms with Crippen molar-refractivity contribution in [3.8, 4) is 0 Å². The molecule has 2 atom stereocenters. The number of hydrogen-bond acceptors (Lipinski definition) is 4. The summed E-state index contributed by atoms with van der Waals surface area (Å²) in [6, 6.07) is 8.61. The van der Waals surface area contributed by atoms with E-state index in [1.54, 1.807) is 30.3 Å². The first kappa shape index (κ1) is 17.0. The van der Waals surface area contributed by atoms with Crippen molar-refractivity contribution in [2.75, 3.05) is 13.2 Å². The van der Waals surface area contributed by atoms with Gasteiger partial charge in [-0.2, -0.15) is 5.48 Å². The summed E-state index contributed by atoms with van der Waals surface area (Å²) >= 11 is 0. The molecule has 2 rings (SSSR count). The number of hydroxylamine groups is 1. The molecule has 1 aliphatic rings. The van der Waals surface area contributed by atoms with E-state index in [-0.39, 0.29) is 26.0 Å². The largest absolute Gasteiger partial charge is 0.479 e. The summed E-state index contributed by atoms with van der Waals surface area (Å²) in [4.78, 5) is 29.6. The highest BCUT2D eigenvalue weighted by Crippen LogP contribution is 2.33. The summed E-state index contributed by atoms with van der Waals surface area (Å²) in [5, 5.41) is 19.2. The van der Waals surface area contributed by atoms with Crippen molar-refractivity contribution in [1.29, 1.82) is 0 Å². The van der Waals surface area contributed by atoms with Gasteiger partial charge in [0.05, 0.1) is 12.6 Å². The van der Waals surface area contributed by atoms with Gasteiger partial charge in [0.25, 0.3) is 0 Å². The normalized spacial score (nSPS) is 23.7. The average Bonchev–Trinajstić information content (AvgIpc) is 2.89. The van der Waals surface area contributed by atoms with E-state index in [1.165, 1.54) is 0 Å². The topological polar surface area (TPSA) is 99.1 Å². The van der Waals surface area contributed by atoms with Crippen molar-refractivity contribution in [3.05, 3.63) is 48.6 Å².